The lowest BCUT2D eigenvalue weighted by Crippen LogP contribution is -2.39. The van der Waals surface area contributed by atoms with E-state index in [1.807, 2.05) is 0 Å². The fraction of sp³-hybridized carbons (Fsp3) is 0.521. The zero-order chi connectivity index (χ0) is 38.7. The largest absolute Gasteiger partial charge is 0.378 e. The van der Waals surface area contributed by atoms with Crippen LogP contribution in [0, 0.1) is 10.8 Å². The van der Waals surface area contributed by atoms with Crippen molar-refractivity contribution < 1.29 is 18.8 Å². The highest BCUT2D eigenvalue weighted by Gasteiger charge is 2.27. The number of pyridine rings is 1. The average Bonchev–Trinajstić information content (AvgIpc) is 3.09. The third-order valence-corrected chi connectivity index (χ3v) is 10.6. The van der Waals surface area contributed by atoms with E-state index in [1.165, 1.54) is 77.5 Å². The van der Waals surface area contributed by atoms with Gasteiger partial charge in [0.05, 0.1) is 33.0 Å². The quantitative estimate of drug-likeness (QED) is 0.0625. The lowest BCUT2D eigenvalue weighted by Gasteiger charge is -2.33. The van der Waals surface area contributed by atoms with Crippen LogP contribution in [0.25, 0.3) is 12.2 Å². The first-order valence-electron chi connectivity index (χ1n) is 19.8. The highest BCUT2D eigenvalue weighted by molar-refractivity contribution is 7.80. The first-order chi connectivity index (χ1) is 25.3. The van der Waals surface area contributed by atoms with Gasteiger partial charge in [-0.1, -0.05) is 111 Å². The van der Waals surface area contributed by atoms with Gasteiger partial charge in [-0.3, -0.25) is 0 Å². The number of hydrogen-bond donors (Lipinski definition) is 1. The summed E-state index contributed by atoms with van der Waals surface area (Å²) >= 11 is 4.16. The normalized spacial score (nSPS) is 18.9. The topological polar surface area (TPSA) is 31.6 Å². The van der Waals surface area contributed by atoms with Crippen molar-refractivity contribution in [2.45, 2.75) is 107 Å². The lowest BCUT2D eigenvalue weighted by atomic mass is 9.72. The second kappa shape index (κ2) is 23.1. The van der Waals surface area contributed by atoms with E-state index >= 15 is 0 Å². The maximum absolute atomic E-state index is 5.93. The molecule has 1 heterocycles. The van der Waals surface area contributed by atoms with Gasteiger partial charge in [-0.15, -0.1) is 0 Å². The van der Waals surface area contributed by atoms with Crippen molar-refractivity contribution in [1.29, 1.82) is 0 Å². The Morgan fingerprint density at radius 2 is 1.23 bits per heavy atom. The van der Waals surface area contributed by atoms with E-state index in [9.17, 15) is 0 Å². The summed E-state index contributed by atoms with van der Waals surface area (Å²) < 4.78 is 19.2. The smallest absolute Gasteiger partial charge is 0.206 e. The maximum atomic E-state index is 5.93. The Morgan fingerprint density at radius 1 is 0.698 bits per heavy atom. The van der Waals surface area contributed by atoms with Crippen molar-refractivity contribution in [1.82, 2.24) is 0 Å². The van der Waals surface area contributed by atoms with E-state index in [1.54, 1.807) is 0 Å². The monoisotopic (exact) mass is 741 g/mol. The van der Waals surface area contributed by atoms with E-state index in [-0.39, 0.29) is 10.8 Å². The van der Waals surface area contributed by atoms with Crippen LogP contribution in [-0.2, 0) is 20.8 Å². The van der Waals surface area contributed by atoms with Crippen LogP contribution in [-0.4, -0.2) is 45.4 Å². The molecule has 0 radical (unpaired) electrons. The number of hydrogen-bond acceptors (Lipinski definition) is 4. The SMILES string of the molecule is CC1=C(/C=C/C(C)=C/C=C/C(C)=C/c2cc(/C=C/C=C(C)/C=C/C3=C(C)CCCC3(C)C)cc[n+]2CCOCCOCCOCCS)C(C)(C)CCC1. The fourth-order valence-corrected chi connectivity index (χ4v) is 7.40. The molecule has 53 heavy (non-hydrogen) atoms. The summed E-state index contributed by atoms with van der Waals surface area (Å²) in [5.74, 6) is 0.724. The molecule has 0 atom stereocenters. The van der Waals surface area contributed by atoms with Crippen LogP contribution in [0.3, 0.4) is 0 Å². The molecule has 0 N–H and O–H groups in total. The van der Waals surface area contributed by atoms with Crippen LogP contribution in [0.1, 0.15) is 112 Å². The van der Waals surface area contributed by atoms with Gasteiger partial charge in [0.1, 0.15) is 6.61 Å². The number of aromatic nitrogens is 1. The molecule has 0 saturated heterocycles. The van der Waals surface area contributed by atoms with Gasteiger partial charge in [0, 0.05) is 24.0 Å². The van der Waals surface area contributed by atoms with Crippen molar-refractivity contribution >= 4 is 24.8 Å². The van der Waals surface area contributed by atoms with Gasteiger partial charge >= 0.3 is 0 Å². The average molecular weight is 741 g/mol. The Morgan fingerprint density at radius 3 is 1.77 bits per heavy atom. The van der Waals surface area contributed by atoms with Crippen molar-refractivity contribution in [2.75, 3.05) is 45.4 Å². The minimum absolute atomic E-state index is 0.251. The number of allylic oxidation sites excluding steroid dienone is 16. The number of rotatable bonds is 20. The fourth-order valence-electron chi connectivity index (χ4n) is 7.27. The third kappa shape index (κ3) is 16.1. The van der Waals surface area contributed by atoms with Gasteiger partial charge in [-0.05, 0) is 106 Å². The number of ether oxygens (including phenoxy) is 3. The second-order valence-electron chi connectivity index (χ2n) is 16.1. The molecule has 1 aromatic heterocycles. The van der Waals surface area contributed by atoms with Crippen LogP contribution in [0.4, 0.5) is 0 Å². The summed E-state index contributed by atoms with van der Waals surface area (Å²) in [6.45, 7) is 24.9. The van der Waals surface area contributed by atoms with Gasteiger partial charge < -0.3 is 14.2 Å². The van der Waals surface area contributed by atoms with E-state index in [2.05, 4.69) is 165 Å². The summed E-state index contributed by atoms with van der Waals surface area (Å²) in [6.07, 6.45) is 34.3. The van der Waals surface area contributed by atoms with E-state index in [0.29, 0.717) is 39.6 Å². The molecule has 0 aromatic carbocycles. The Labute approximate surface area is 329 Å². The molecular formula is C48H70NO3S+. The number of thiol groups is 1. The predicted octanol–water partition coefficient (Wildman–Crippen LogP) is 12.0. The molecule has 2 aliphatic carbocycles. The third-order valence-electron chi connectivity index (χ3n) is 10.4. The molecule has 0 spiro atoms. The van der Waals surface area contributed by atoms with Gasteiger partial charge in [0.2, 0.25) is 5.69 Å². The first-order valence-corrected chi connectivity index (χ1v) is 20.5. The Bertz CT molecular complexity index is 1610. The minimum atomic E-state index is 0.251. The number of nitrogens with zero attached hydrogens (tertiary/aromatic N) is 1. The van der Waals surface area contributed by atoms with Crippen LogP contribution in [0.5, 0.6) is 0 Å². The molecule has 0 aliphatic heterocycles. The van der Waals surface area contributed by atoms with Crippen molar-refractivity contribution in [3.8, 4) is 0 Å². The van der Waals surface area contributed by atoms with Crippen LogP contribution in [0.15, 0.2) is 112 Å². The molecule has 3 rings (SSSR count). The predicted molar refractivity (Wildman–Crippen MR) is 231 cm³/mol. The molecule has 0 saturated carbocycles. The second-order valence-corrected chi connectivity index (χ2v) is 16.5. The molecule has 290 valence electrons. The van der Waals surface area contributed by atoms with Gasteiger partial charge in [-0.25, -0.2) is 0 Å². The van der Waals surface area contributed by atoms with Gasteiger partial charge in [0.15, 0.2) is 12.7 Å². The molecule has 0 unspecified atom stereocenters. The van der Waals surface area contributed by atoms with Crippen molar-refractivity contribution in [2.24, 2.45) is 10.8 Å². The molecule has 4 nitrogen and oxygen atoms in total. The lowest BCUT2D eigenvalue weighted by molar-refractivity contribution is -0.700. The Kier molecular flexibility index (Phi) is 19.3. The van der Waals surface area contributed by atoms with Crippen LogP contribution in [0.2, 0.25) is 0 Å². The van der Waals surface area contributed by atoms with Crippen LogP contribution >= 0.6 is 12.6 Å². The highest BCUT2D eigenvalue weighted by Crippen LogP contribution is 2.41. The first kappa shape index (κ1) is 44.4. The Hall–Kier alpha value is -2.96. The molecule has 2 aliphatic rings. The Balaban J connectivity index is 1.72. The highest BCUT2D eigenvalue weighted by atomic mass is 32.1. The molecule has 5 heteroatoms. The van der Waals surface area contributed by atoms with E-state index in [4.69, 9.17) is 14.2 Å². The summed E-state index contributed by atoms with van der Waals surface area (Å²) in [5.41, 5.74) is 12.5. The van der Waals surface area contributed by atoms with E-state index in [0.717, 1.165) is 23.6 Å². The summed E-state index contributed by atoms with van der Waals surface area (Å²) in [4.78, 5) is 0. The summed E-state index contributed by atoms with van der Waals surface area (Å²) in [5, 5.41) is 0. The maximum Gasteiger partial charge on any atom is 0.206 e. The molecule has 1 aromatic rings. The van der Waals surface area contributed by atoms with E-state index < -0.39 is 0 Å². The van der Waals surface area contributed by atoms with Crippen molar-refractivity contribution in [3.63, 3.8) is 0 Å². The molecular weight excluding hydrogens is 671 g/mol. The van der Waals surface area contributed by atoms with Crippen LogP contribution < -0.4 is 4.57 Å². The summed E-state index contributed by atoms with van der Waals surface area (Å²) in [6, 6.07) is 4.43. The van der Waals surface area contributed by atoms with Crippen molar-refractivity contribution in [3.05, 3.63) is 123 Å². The molecule has 0 amide bonds. The zero-order valence-electron chi connectivity index (χ0n) is 34.6. The zero-order valence-corrected chi connectivity index (χ0v) is 35.5. The molecule has 0 bridgehead atoms. The van der Waals surface area contributed by atoms with Gasteiger partial charge in [0.25, 0.3) is 0 Å². The standard InChI is InChI=1S/C48H69NO3S/c1-38(20-22-45-41(4)17-12-25-47(45,6)7)14-10-16-40(3)36-44-37-43(24-27-49(44)28-29-50-30-31-51-32-33-52-34-35-53)19-11-15-39(2)21-23-46-42(5)18-13-26-48(46,8)9/h10-11,14-16,19-24,27,36-37H,12-13,17-18,25-26,28-35H2,1-9H3/p+1/b16-10+,19-11+,22-20+,23-21+,38-14+,39-15+,40-36+. The summed E-state index contributed by atoms with van der Waals surface area (Å²) in [7, 11) is 0. The molecule has 0 fully saturated rings. The minimum Gasteiger partial charge on any atom is -0.378 e. The van der Waals surface area contributed by atoms with Gasteiger partial charge in [-0.2, -0.15) is 17.2 Å².